The van der Waals surface area contributed by atoms with Crippen molar-refractivity contribution in [3.05, 3.63) is 29.8 Å². The van der Waals surface area contributed by atoms with Gasteiger partial charge in [-0.2, -0.15) is 0 Å². The number of methoxy groups -OCH3 is 1. The highest BCUT2D eigenvalue weighted by atomic mass is 16.5. The van der Waals surface area contributed by atoms with Gasteiger partial charge in [-0.3, -0.25) is 9.69 Å². The zero-order valence-corrected chi connectivity index (χ0v) is 14.0. The molecule has 0 N–H and O–H groups in total. The summed E-state index contributed by atoms with van der Waals surface area (Å²) in [7, 11) is 1.69. The highest BCUT2D eigenvalue weighted by Gasteiger charge is 2.33. The lowest BCUT2D eigenvalue weighted by Gasteiger charge is -2.40. The monoisotopic (exact) mass is 318 g/mol. The molecule has 2 aliphatic rings. The maximum Gasteiger partial charge on any atom is 0.252 e. The highest BCUT2D eigenvalue weighted by molar-refractivity contribution is 5.81. The number of hydrogen-bond donors (Lipinski definition) is 0. The van der Waals surface area contributed by atoms with Gasteiger partial charge in [0.15, 0.2) is 0 Å². The molecule has 23 heavy (non-hydrogen) atoms. The third kappa shape index (κ3) is 3.85. The average Bonchev–Trinajstić information content (AvgIpc) is 3.09. The summed E-state index contributed by atoms with van der Waals surface area (Å²) in [4.78, 5) is 16.9. The number of amides is 1. The Balaban J connectivity index is 1.56. The van der Waals surface area contributed by atoms with Gasteiger partial charge in [-0.15, -0.1) is 0 Å². The van der Waals surface area contributed by atoms with Crippen LogP contribution in [0.4, 0.5) is 0 Å². The molecule has 0 saturated carbocycles. The van der Waals surface area contributed by atoms with Crippen LogP contribution in [-0.2, 0) is 16.1 Å². The lowest BCUT2D eigenvalue weighted by Crippen LogP contribution is -2.55. The minimum absolute atomic E-state index is 0.177. The molecule has 1 aromatic rings. The van der Waals surface area contributed by atoms with Crippen molar-refractivity contribution in [2.45, 2.75) is 38.5 Å². The number of carbonyl (C=O) groups is 1. The van der Waals surface area contributed by atoms with E-state index < -0.39 is 0 Å². The first-order valence-corrected chi connectivity index (χ1v) is 8.45. The summed E-state index contributed by atoms with van der Waals surface area (Å²) in [5.74, 6) is 1.07. The van der Waals surface area contributed by atoms with Gasteiger partial charge in [-0.25, -0.2) is 0 Å². The van der Waals surface area contributed by atoms with Gasteiger partial charge in [-0.05, 0) is 37.5 Å². The second kappa shape index (κ2) is 7.32. The predicted octanol–water partition coefficient (Wildman–Crippen LogP) is 1.91. The quantitative estimate of drug-likeness (QED) is 0.850. The van der Waals surface area contributed by atoms with Crippen molar-refractivity contribution in [1.29, 1.82) is 0 Å². The molecule has 2 fully saturated rings. The molecule has 2 saturated heterocycles. The summed E-state index contributed by atoms with van der Waals surface area (Å²) in [5.41, 5.74) is 1.25. The average molecular weight is 318 g/mol. The van der Waals surface area contributed by atoms with Gasteiger partial charge in [0.25, 0.3) is 5.91 Å². The van der Waals surface area contributed by atoms with Crippen LogP contribution in [0.1, 0.15) is 25.3 Å². The van der Waals surface area contributed by atoms with E-state index in [1.54, 1.807) is 7.11 Å². The first-order chi connectivity index (χ1) is 11.2. The molecule has 0 aliphatic carbocycles. The molecule has 5 heteroatoms. The van der Waals surface area contributed by atoms with Crippen molar-refractivity contribution in [3.63, 3.8) is 0 Å². The third-order valence-corrected chi connectivity index (χ3v) is 4.74. The fraction of sp³-hybridized carbons (Fsp3) is 0.611. The Bertz CT molecular complexity index is 543. The molecule has 3 rings (SSSR count). The van der Waals surface area contributed by atoms with Crippen LogP contribution in [0.15, 0.2) is 24.3 Å². The van der Waals surface area contributed by atoms with E-state index in [4.69, 9.17) is 9.47 Å². The normalized spacial score (nSPS) is 25.6. The molecule has 0 aromatic heterocycles. The summed E-state index contributed by atoms with van der Waals surface area (Å²) < 4.78 is 10.8. The molecule has 2 aliphatic heterocycles. The van der Waals surface area contributed by atoms with Gasteiger partial charge in [0, 0.05) is 38.8 Å². The molecule has 126 valence electrons. The van der Waals surface area contributed by atoms with Gasteiger partial charge in [0.1, 0.15) is 11.9 Å². The van der Waals surface area contributed by atoms with Gasteiger partial charge < -0.3 is 14.4 Å². The van der Waals surface area contributed by atoms with E-state index in [2.05, 4.69) is 24.0 Å². The molecule has 1 unspecified atom stereocenters. The van der Waals surface area contributed by atoms with Crippen LogP contribution < -0.4 is 4.74 Å². The smallest absolute Gasteiger partial charge is 0.252 e. The standard InChI is InChI=1S/C18H26N2O3/c1-14-12-19(13-15-5-3-6-16(11-15)22-2)8-9-20(14)18(21)17-7-4-10-23-17/h3,5-6,11,14,17H,4,7-10,12-13H2,1-2H3/t14-,17?/m0/s1. The molecular weight excluding hydrogens is 292 g/mol. The zero-order chi connectivity index (χ0) is 16.2. The number of benzene rings is 1. The first kappa shape index (κ1) is 16.3. The first-order valence-electron chi connectivity index (χ1n) is 8.45. The summed E-state index contributed by atoms with van der Waals surface area (Å²) in [6.07, 6.45) is 1.67. The van der Waals surface area contributed by atoms with Crippen molar-refractivity contribution >= 4 is 5.91 Å². The maximum absolute atomic E-state index is 12.5. The van der Waals surface area contributed by atoms with Crippen LogP contribution in [0, 0.1) is 0 Å². The highest BCUT2D eigenvalue weighted by Crippen LogP contribution is 2.20. The minimum atomic E-state index is -0.206. The van der Waals surface area contributed by atoms with E-state index >= 15 is 0 Å². The number of carbonyl (C=O) groups excluding carboxylic acids is 1. The van der Waals surface area contributed by atoms with Gasteiger partial charge in [-0.1, -0.05) is 12.1 Å². The molecule has 0 spiro atoms. The number of nitrogens with zero attached hydrogens (tertiary/aromatic N) is 2. The van der Waals surface area contributed by atoms with Crippen molar-refractivity contribution in [2.75, 3.05) is 33.4 Å². The van der Waals surface area contributed by atoms with E-state index in [1.807, 2.05) is 17.0 Å². The topological polar surface area (TPSA) is 42.0 Å². The van der Waals surface area contributed by atoms with Crippen molar-refractivity contribution in [3.8, 4) is 5.75 Å². The molecule has 1 aromatic carbocycles. The Kier molecular flexibility index (Phi) is 5.18. The number of ether oxygens (including phenoxy) is 2. The Morgan fingerprint density at radius 3 is 2.96 bits per heavy atom. The van der Waals surface area contributed by atoms with Gasteiger partial charge >= 0.3 is 0 Å². The minimum Gasteiger partial charge on any atom is -0.497 e. The van der Waals surface area contributed by atoms with Gasteiger partial charge in [0.05, 0.1) is 7.11 Å². The van der Waals surface area contributed by atoms with Crippen molar-refractivity contribution in [2.24, 2.45) is 0 Å². The van der Waals surface area contributed by atoms with Crippen molar-refractivity contribution in [1.82, 2.24) is 9.80 Å². The summed E-state index contributed by atoms with van der Waals surface area (Å²) >= 11 is 0. The van der Waals surface area contributed by atoms with E-state index in [-0.39, 0.29) is 18.1 Å². The van der Waals surface area contributed by atoms with Gasteiger partial charge in [0.2, 0.25) is 0 Å². The fourth-order valence-electron chi connectivity index (χ4n) is 3.49. The predicted molar refractivity (Wildman–Crippen MR) is 88.4 cm³/mol. The molecule has 2 heterocycles. The molecule has 5 nitrogen and oxygen atoms in total. The van der Waals surface area contributed by atoms with Crippen LogP contribution >= 0.6 is 0 Å². The lowest BCUT2D eigenvalue weighted by atomic mass is 10.1. The second-order valence-corrected chi connectivity index (χ2v) is 6.47. The second-order valence-electron chi connectivity index (χ2n) is 6.47. The lowest BCUT2D eigenvalue weighted by molar-refractivity contribution is -0.145. The molecule has 0 bridgehead atoms. The molecule has 1 amide bonds. The summed E-state index contributed by atoms with van der Waals surface area (Å²) in [5, 5.41) is 0. The van der Waals surface area contributed by atoms with Crippen LogP contribution in [-0.4, -0.2) is 61.2 Å². The Morgan fingerprint density at radius 1 is 1.39 bits per heavy atom. The summed E-state index contributed by atoms with van der Waals surface area (Å²) in [6, 6.07) is 8.41. The zero-order valence-electron chi connectivity index (χ0n) is 14.0. The Labute approximate surface area is 138 Å². The van der Waals surface area contributed by atoms with Crippen LogP contribution in [0.5, 0.6) is 5.75 Å². The van der Waals surface area contributed by atoms with E-state index in [0.717, 1.165) is 51.4 Å². The number of hydrogen-bond acceptors (Lipinski definition) is 4. The van der Waals surface area contributed by atoms with E-state index in [0.29, 0.717) is 0 Å². The molecular formula is C18H26N2O3. The van der Waals surface area contributed by atoms with Crippen LogP contribution in [0.25, 0.3) is 0 Å². The number of rotatable bonds is 4. The fourth-order valence-corrected chi connectivity index (χ4v) is 3.49. The van der Waals surface area contributed by atoms with E-state index in [1.165, 1.54) is 5.56 Å². The Morgan fingerprint density at radius 2 is 2.26 bits per heavy atom. The SMILES string of the molecule is COc1cccc(CN2CCN(C(=O)C3CCCO3)[C@@H](C)C2)c1. The maximum atomic E-state index is 12.5. The van der Waals surface area contributed by atoms with Crippen LogP contribution in [0.2, 0.25) is 0 Å². The largest absolute Gasteiger partial charge is 0.497 e. The van der Waals surface area contributed by atoms with E-state index in [9.17, 15) is 4.79 Å². The Hall–Kier alpha value is -1.59. The third-order valence-electron chi connectivity index (χ3n) is 4.74. The van der Waals surface area contributed by atoms with Crippen molar-refractivity contribution < 1.29 is 14.3 Å². The molecule has 0 radical (unpaired) electrons. The molecule has 2 atom stereocenters. The number of piperazine rings is 1. The summed E-state index contributed by atoms with van der Waals surface area (Å²) in [6.45, 7) is 6.33. The van der Waals surface area contributed by atoms with Crippen LogP contribution in [0.3, 0.4) is 0 Å².